The minimum atomic E-state index is -0.173. The lowest BCUT2D eigenvalue weighted by Crippen LogP contribution is -2.11. The average molecular weight is 249 g/mol. The first kappa shape index (κ1) is 12.3. The van der Waals surface area contributed by atoms with Crippen LogP contribution in [0.4, 0.5) is 4.39 Å². The number of hydrogen-bond donors (Lipinski definition) is 1. The van der Waals surface area contributed by atoms with E-state index >= 15 is 0 Å². The van der Waals surface area contributed by atoms with Crippen molar-refractivity contribution in [2.24, 2.45) is 5.73 Å². The standard InChI is InChI=1S/C14H16FNS/c1-10-2-4-12(8-13(10)15)14(16)5-3-11-6-7-17-9-11/h2,4,6-9,14H,3,5,16H2,1H3. The molecule has 0 radical (unpaired) electrons. The number of rotatable bonds is 4. The molecule has 0 bridgehead atoms. The Morgan fingerprint density at radius 2 is 2.18 bits per heavy atom. The first-order valence-electron chi connectivity index (χ1n) is 5.69. The van der Waals surface area contributed by atoms with Crippen LogP contribution in [-0.2, 0) is 6.42 Å². The second-order valence-corrected chi connectivity index (χ2v) is 5.07. The van der Waals surface area contributed by atoms with Gasteiger partial charge in [-0.05, 0) is 59.3 Å². The van der Waals surface area contributed by atoms with Crippen LogP contribution in [0.2, 0.25) is 0 Å². The van der Waals surface area contributed by atoms with Crippen LogP contribution < -0.4 is 5.73 Å². The van der Waals surface area contributed by atoms with Gasteiger partial charge in [0, 0.05) is 6.04 Å². The van der Waals surface area contributed by atoms with Gasteiger partial charge >= 0.3 is 0 Å². The van der Waals surface area contributed by atoms with E-state index < -0.39 is 0 Å². The van der Waals surface area contributed by atoms with Crippen LogP contribution in [0.25, 0.3) is 0 Å². The van der Waals surface area contributed by atoms with Crippen LogP contribution in [0.5, 0.6) is 0 Å². The summed E-state index contributed by atoms with van der Waals surface area (Å²) < 4.78 is 13.4. The number of hydrogen-bond acceptors (Lipinski definition) is 2. The summed E-state index contributed by atoms with van der Waals surface area (Å²) >= 11 is 1.69. The Hall–Kier alpha value is -1.19. The lowest BCUT2D eigenvalue weighted by atomic mass is 10.00. The van der Waals surface area contributed by atoms with Gasteiger partial charge in [0.25, 0.3) is 0 Å². The van der Waals surface area contributed by atoms with Crippen molar-refractivity contribution >= 4 is 11.3 Å². The lowest BCUT2D eigenvalue weighted by Gasteiger charge is -2.12. The fourth-order valence-corrected chi connectivity index (χ4v) is 2.47. The summed E-state index contributed by atoms with van der Waals surface area (Å²) in [4.78, 5) is 0. The lowest BCUT2D eigenvalue weighted by molar-refractivity contribution is 0.602. The van der Waals surface area contributed by atoms with Gasteiger partial charge in [0.05, 0.1) is 0 Å². The number of nitrogens with two attached hydrogens (primary N) is 1. The average Bonchev–Trinajstić information content (AvgIpc) is 2.82. The molecular weight excluding hydrogens is 233 g/mol. The Labute approximate surface area is 105 Å². The molecule has 1 heterocycles. The minimum Gasteiger partial charge on any atom is -0.324 e. The molecule has 90 valence electrons. The molecule has 0 amide bonds. The second kappa shape index (κ2) is 5.43. The highest BCUT2D eigenvalue weighted by molar-refractivity contribution is 7.07. The predicted molar refractivity (Wildman–Crippen MR) is 70.7 cm³/mol. The molecule has 1 aromatic carbocycles. The van der Waals surface area contributed by atoms with Crippen LogP contribution in [0.3, 0.4) is 0 Å². The van der Waals surface area contributed by atoms with Crippen molar-refractivity contribution in [2.75, 3.05) is 0 Å². The third-order valence-corrected chi connectivity index (χ3v) is 3.68. The Kier molecular flexibility index (Phi) is 3.92. The summed E-state index contributed by atoms with van der Waals surface area (Å²) in [7, 11) is 0. The molecule has 0 aliphatic carbocycles. The van der Waals surface area contributed by atoms with Gasteiger partial charge in [-0.15, -0.1) is 0 Å². The van der Waals surface area contributed by atoms with Gasteiger partial charge in [-0.3, -0.25) is 0 Å². The molecule has 1 atom stereocenters. The van der Waals surface area contributed by atoms with E-state index in [9.17, 15) is 4.39 Å². The molecule has 0 fully saturated rings. The molecular formula is C14H16FNS. The molecule has 0 aliphatic rings. The van der Waals surface area contributed by atoms with Crippen LogP contribution in [0.1, 0.15) is 29.2 Å². The topological polar surface area (TPSA) is 26.0 Å². The summed E-state index contributed by atoms with van der Waals surface area (Å²) in [5.41, 5.74) is 8.91. The molecule has 0 aliphatic heterocycles. The minimum absolute atomic E-state index is 0.0926. The number of thiophene rings is 1. The summed E-state index contributed by atoms with van der Waals surface area (Å²) in [5.74, 6) is -0.173. The summed E-state index contributed by atoms with van der Waals surface area (Å²) in [6.07, 6.45) is 1.79. The smallest absolute Gasteiger partial charge is 0.126 e. The zero-order valence-electron chi connectivity index (χ0n) is 9.82. The molecule has 0 saturated heterocycles. The van der Waals surface area contributed by atoms with Crippen molar-refractivity contribution < 1.29 is 4.39 Å². The van der Waals surface area contributed by atoms with E-state index in [4.69, 9.17) is 5.73 Å². The third kappa shape index (κ3) is 3.14. The largest absolute Gasteiger partial charge is 0.324 e. The SMILES string of the molecule is Cc1ccc(C(N)CCc2ccsc2)cc1F. The predicted octanol–water partition coefficient (Wildman–Crippen LogP) is 3.83. The van der Waals surface area contributed by atoms with Crippen LogP contribution in [-0.4, -0.2) is 0 Å². The quantitative estimate of drug-likeness (QED) is 0.875. The highest BCUT2D eigenvalue weighted by Crippen LogP contribution is 2.20. The van der Waals surface area contributed by atoms with E-state index in [1.807, 2.05) is 6.07 Å². The summed E-state index contributed by atoms with van der Waals surface area (Å²) in [6, 6.07) is 7.26. The molecule has 0 spiro atoms. The number of aryl methyl sites for hydroxylation is 2. The maximum atomic E-state index is 13.4. The van der Waals surface area contributed by atoms with Crippen molar-refractivity contribution in [1.82, 2.24) is 0 Å². The molecule has 0 saturated carbocycles. The van der Waals surface area contributed by atoms with E-state index in [0.717, 1.165) is 18.4 Å². The van der Waals surface area contributed by atoms with Gasteiger partial charge in [-0.1, -0.05) is 12.1 Å². The zero-order chi connectivity index (χ0) is 12.3. The Morgan fingerprint density at radius 3 is 2.82 bits per heavy atom. The third-order valence-electron chi connectivity index (χ3n) is 2.95. The molecule has 1 aromatic heterocycles. The van der Waals surface area contributed by atoms with E-state index in [1.54, 1.807) is 30.4 Å². The van der Waals surface area contributed by atoms with Crippen molar-refractivity contribution in [3.63, 3.8) is 0 Å². The van der Waals surface area contributed by atoms with E-state index in [-0.39, 0.29) is 11.9 Å². The summed E-state index contributed by atoms with van der Waals surface area (Å²) in [5, 5.41) is 4.19. The van der Waals surface area contributed by atoms with Crippen molar-refractivity contribution in [3.05, 3.63) is 57.5 Å². The molecule has 17 heavy (non-hydrogen) atoms. The second-order valence-electron chi connectivity index (χ2n) is 4.29. The zero-order valence-corrected chi connectivity index (χ0v) is 10.6. The summed E-state index contributed by atoms with van der Waals surface area (Å²) in [6.45, 7) is 1.76. The highest BCUT2D eigenvalue weighted by atomic mass is 32.1. The normalized spacial score (nSPS) is 12.6. The highest BCUT2D eigenvalue weighted by Gasteiger charge is 2.08. The van der Waals surface area contributed by atoms with Crippen LogP contribution in [0, 0.1) is 12.7 Å². The van der Waals surface area contributed by atoms with E-state index in [1.165, 1.54) is 5.56 Å². The Bertz CT molecular complexity index is 479. The molecule has 1 unspecified atom stereocenters. The molecule has 1 nitrogen and oxygen atoms in total. The molecule has 3 heteroatoms. The van der Waals surface area contributed by atoms with Crippen LogP contribution in [0.15, 0.2) is 35.0 Å². The fraction of sp³-hybridized carbons (Fsp3) is 0.286. The first-order chi connectivity index (χ1) is 8.16. The molecule has 2 aromatic rings. The van der Waals surface area contributed by atoms with Gasteiger partial charge < -0.3 is 5.73 Å². The number of halogens is 1. The van der Waals surface area contributed by atoms with E-state index in [2.05, 4.69) is 16.8 Å². The molecule has 2 rings (SSSR count). The van der Waals surface area contributed by atoms with Gasteiger partial charge in [0.1, 0.15) is 5.82 Å². The fourth-order valence-electron chi connectivity index (χ4n) is 1.76. The Morgan fingerprint density at radius 1 is 1.35 bits per heavy atom. The van der Waals surface area contributed by atoms with Gasteiger partial charge in [0.15, 0.2) is 0 Å². The monoisotopic (exact) mass is 249 g/mol. The van der Waals surface area contributed by atoms with Crippen molar-refractivity contribution in [1.29, 1.82) is 0 Å². The van der Waals surface area contributed by atoms with Crippen molar-refractivity contribution in [2.45, 2.75) is 25.8 Å². The molecule has 2 N–H and O–H groups in total. The van der Waals surface area contributed by atoms with Gasteiger partial charge in [0.2, 0.25) is 0 Å². The van der Waals surface area contributed by atoms with Gasteiger partial charge in [-0.2, -0.15) is 11.3 Å². The van der Waals surface area contributed by atoms with Crippen molar-refractivity contribution in [3.8, 4) is 0 Å². The maximum Gasteiger partial charge on any atom is 0.126 e. The van der Waals surface area contributed by atoms with E-state index in [0.29, 0.717) is 5.56 Å². The number of benzene rings is 1. The van der Waals surface area contributed by atoms with Crippen LogP contribution >= 0.6 is 11.3 Å². The first-order valence-corrected chi connectivity index (χ1v) is 6.64. The Balaban J connectivity index is 1.99. The maximum absolute atomic E-state index is 13.4. The van der Waals surface area contributed by atoms with Gasteiger partial charge in [-0.25, -0.2) is 4.39 Å².